The summed E-state index contributed by atoms with van der Waals surface area (Å²) in [5.41, 5.74) is 0.811. The van der Waals surface area contributed by atoms with E-state index in [-0.39, 0.29) is 12.2 Å². The van der Waals surface area contributed by atoms with Gasteiger partial charge in [-0.25, -0.2) is 4.79 Å². The van der Waals surface area contributed by atoms with Crippen molar-refractivity contribution in [1.82, 2.24) is 9.88 Å². The van der Waals surface area contributed by atoms with Gasteiger partial charge in [-0.05, 0) is 58.2 Å². The van der Waals surface area contributed by atoms with Gasteiger partial charge < -0.3 is 19.3 Å². The number of carbonyl (C=O) groups is 1. The number of carbonyl (C=O) groups excluding carboxylic acids is 1. The van der Waals surface area contributed by atoms with Crippen LogP contribution in [-0.4, -0.2) is 53.9 Å². The third-order valence-corrected chi connectivity index (χ3v) is 5.84. The first-order chi connectivity index (χ1) is 14.4. The van der Waals surface area contributed by atoms with E-state index in [2.05, 4.69) is 28.1 Å². The van der Waals surface area contributed by atoms with Gasteiger partial charge in [-0.15, -0.1) is 0 Å². The highest BCUT2D eigenvalue weighted by Gasteiger charge is 2.28. The average molecular weight is 412 g/mol. The lowest BCUT2D eigenvalue weighted by Crippen LogP contribution is -2.44. The zero-order valence-electron chi connectivity index (χ0n) is 18.4. The lowest BCUT2D eigenvalue weighted by atomic mass is 10.0. The topological polar surface area (TPSA) is 54.9 Å². The highest BCUT2D eigenvalue weighted by Crippen LogP contribution is 2.35. The number of hydrogen-bond acceptors (Lipinski definition) is 5. The van der Waals surface area contributed by atoms with Crippen LogP contribution in [0.4, 0.5) is 10.5 Å². The highest BCUT2D eigenvalue weighted by atomic mass is 16.6. The van der Waals surface area contributed by atoms with Gasteiger partial charge in [0.2, 0.25) is 0 Å². The van der Waals surface area contributed by atoms with Crippen molar-refractivity contribution >= 4 is 22.6 Å². The van der Waals surface area contributed by atoms with Gasteiger partial charge in [0.25, 0.3) is 0 Å². The van der Waals surface area contributed by atoms with Crippen molar-refractivity contribution in [3.8, 4) is 5.75 Å². The van der Waals surface area contributed by atoms with Gasteiger partial charge in [-0.3, -0.25) is 4.98 Å². The molecule has 6 nitrogen and oxygen atoms in total. The molecule has 0 bridgehead atoms. The third kappa shape index (κ3) is 4.79. The third-order valence-electron chi connectivity index (χ3n) is 5.84. The van der Waals surface area contributed by atoms with E-state index in [4.69, 9.17) is 9.47 Å². The second-order valence-electron chi connectivity index (χ2n) is 9.34. The molecule has 1 aromatic heterocycles. The average Bonchev–Trinajstić information content (AvgIpc) is 2.74. The standard InChI is InChI=1S/C24H33N3O3/c1-24(2,3)30-23(28)27-15-10-18(11-16-27)29-22-8-7-21(26-13-5-4-6-14-26)19-9-12-25-17-20(19)22/h7-9,12,17-18H,4-6,10-11,13-16H2,1-3H3. The molecule has 2 aliphatic heterocycles. The summed E-state index contributed by atoms with van der Waals surface area (Å²) < 4.78 is 11.9. The largest absolute Gasteiger partial charge is 0.490 e. The van der Waals surface area contributed by atoms with Crippen LogP contribution in [0, 0.1) is 0 Å². The van der Waals surface area contributed by atoms with Gasteiger partial charge in [0.15, 0.2) is 0 Å². The molecule has 2 fully saturated rings. The molecule has 0 atom stereocenters. The Morgan fingerprint density at radius 3 is 2.43 bits per heavy atom. The molecule has 0 spiro atoms. The van der Waals surface area contributed by atoms with Crippen LogP contribution >= 0.6 is 0 Å². The first-order valence-electron chi connectivity index (χ1n) is 11.2. The number of pyridine rings is 1. The quantitative estimate of drug-likeness (QED) is 0.711. The number of likely N-dealkylation sites (tertiary alicyclic amines) is 1. The van der Waals surface area contributed by atoms with Gasteiger partial charge in [-0.1, -0.05) is 0 Å². The minimum Gasteiger partial charge on any atom is -0.490 e. The molecule has 0 N–H and O–H groups in total. The predicted molar refractivity (Wildman–Crippen MR) is 119 cm³/mol. The van der Waals surface area contributed by atoms with Crippen LogP contribution in [0.5, 0.6) is 5.75 Å². The maximum Gasteiger partial charge on any atom is 0.410 e. The molecule has 1 aromatic carbocycles. The van der Waals surface area contributed by atoms with Crippen molar-refractivity contribution in [3.05, 3.63) is 30.6 Å². The molecule has 0 unspecified atom stereocenters. The molecule has 1 amide bonds. The van der Waals surface area contributed by atoms with Crippen LogP contribution in [-0.2, 0) is 4.74 Å². The summed E-state index contributed by atoms with van der Waals surface area (Å²) in [6.45, 7) is 9.22. The van der Waals surface area contributed by atoms with Gasteiger partial charge in [0.1, 0.15) is 17.5 Å². The number of anilines is 1. The van der Waals surface area contributed by atoms with Crippen LogP contribution in [0.3, 0.4) is 0 Å². The van der Waals surface area contributed by atoms with Crippen molar-refractivity contribution in [2.75, 3.05) is 31.1 Å². The predicted octanol–water partition coefficient (Wildman–Crippen LogP) is 5.00. The molecular weight excluding hydrogens is 378 g/mol. The van der Waals surface area contributed by atoms with E-state index in [0.717, 1.165) is 37.1 Å². The Balaban J connectivity index is 1.44. The Morgan fingerprint density at radius 1 is 1.00 bits per heavy atom. The van der Waals surface area contributed by atoms with E-state index in [0.29, 0.717) is 13.1 Å². The molecule has 0 aliphatic carbocycles. The SMILES string of the molecule is CC(C)(C)OC(=O)N1CCC(Oc2ccc(N3CCCCC3)c3ccncc23)CC1. The van der Waals surface area contributed by atoms with Crippen LogP contribution in [0.15, 0.2) is 30.6 Å². The number of benzene rings is 1. The molecule has 4 rings (SSSR count). The highest BCUT2D eigenvalue weighted by molar-refractivity contribution is 5.97. The van der Waals surface area contributed by atoms with Crippen molar-refractivity contribution in [2.24, 2.45) is 0 Å². The van der Waals surface area contributed by atoms with Gasteiger partial charge >= 0.3 is 6.09 Å². The molecule has 6 heteroatoms. The second kappa shape index (κ2) is 8.70. The van der Waals surface area contributed by atoms with Crippen LogP contribution in [0.25, 0.3) is 10.8 Å². The first kappa shape index (κ1) is 20.8. The minimum atomic E-state index is -0.466. The molecule has 0 saturated carbocycles. The van der Waals surface area contributed by atoms with Gasteiger partial charge in [0, 0.05) is 67.9 Å². The summed E-state index contributed by atoms with van der Waals surface area (Å²) in [5.74, 6) is 0.884. The lowest BCUT2D eigenvalue weighted by Gasteiger charge is -2.34. The normalized spacial score (nSPS) is 18.5. The number of amides is 1. The Bertz CT molecular complexity index is 879. The van der Waals surface area contributed by atoms with E-state index in [1.807, 2.05) is 33.2 Å². The number of nitrogens with zero attached hydrogens (tertiary/aromatic N) is 3. The van der Waals surface area contributed by atoms with E-state index >= 15 is 0 Å². The molecule has 2 aliphatic rings. The zero-order chi connectivity index (χ0) is 21.1. The maximum atomic E-state index is 12.3. The van der Waals surface area contributed by atoms with Crippen LogP contribution in [0.2, 0.25) is 0 Å². The molecule has 2 aromatic rings. The fraction of sp³-hybridized carbons (Fsp3) is 0.583. The minimum absolute atomic E-state index is 0.0907. The Hall–Kier alpha value is -2.50. The lowest BCUT2D eigenvalue weighted by molar-refractivity contribution is 0.0128. The molecule has 30 heavy (non-hydrogen) atoms. The monoisotopic (exact) mass is 411 g/mol. The summed E-state index contributed by atoms with van der Waals surface area (Å²) >= 11 is 0. The smallest absolute Gasteiger partial charge is 0.410 e. The second-order valence-corrected chi connectivity index (χ2v) is 9.34. The number of ether oxygens (including phenoxy) is 2. The van der Waals surface area contributed by atoms with E-state index in [1.54, 1.807) is 4.90 Å². The van der Waals surface area contributed by atoms with Crippen molar-refractivity contribution in [3.63, 3.8) is 0 Å². The molecule has 2 saturated heterocycles. The number of fused-ring (bicyclic) bond motifs is 1. The molecule has 0 radical (unpaired) electrons. The van der Waals surface area contributed by atoms with Crippen molar-refractivity contribution in [1.29, 1.82) is 0 Å². The fourth-order valence-electron chi connectivity index (χ4n) is 4.32. The van der Waals surface area contributed by atoms with Crippen LogP contribution < -0.4 is 9.64 Å². The van der Waals surface area contributed by atoms with Gasteiger partial charge in [0.05, 0.1) is 0 Å². The summed E-state index contributed by atoms with van der Waals surface area (Å²) in [5, 5.41) is 2.27. The van der Waals surface area contributed by atoms with E-state index in [9.17, 15) is 4.79 Å². The zero-order valence-corrected chi connectivity index (χ0v) is 18.4. The molecule has 162 valence electrons. The Kier molecular flexibility index (Phi) is 6.02. The van der Waals surface area contributed by atoms with Gasteiger partial charge in [-0.2, -0.15) is 0 Å². The number of piperidine rings is 2. The van der Waals surface area contributed by atoms with E-state index in [1.165, 1.54) is 30.3 Å². The van der Waals surface area contributed by atoms with Crippen molar-refractivity contribution in [2.45, 2.75) is 64.6 Å². The summed E-state index contributed by atoms with van der Waals surface area (Å²) in [4.78, 5) is 20.9. The molecule has 3 heterocycles. The fourth-order valence-corrected chi connectivity index (χ4v) is 4.32. The first-order valence-corrected chi connectivity index (χ1v) is 11.2. The summed E-state index contributed by atoms with van der Waals surface area (Å²) in [6, 6.07) is 6.38. The number of rotatable bonds is 3. The van der Waals surface area contributed by atoms with E-state index < -0.39 is 5.60 Å². The Morgan fingerprint density at radius 2 is 1.73 bits per heavy atom. The Labute approximate surface area is 179 Å². The molecular formula is C24H33N3O3. The van der Waals surface area contributed by atoms with Crippen LogP contribution in [0.1, 0.15) is 52.9 Å². The summed E-state index contributed by atoms with van der Waals surface area (Å²) in [6.07, 6.45) is 9.05. The maximum absolute atomic E-state index is 12.3. The summed E-state index contributed by atoms with van der Waals surface area (Å²) in [7, 11) is 0. The van der Waals surface area contributed by atoms with Crippen molar-refractivity contribution < 1.29 is 14.3 Å². The number of hydrogen-bond donors (Lipinski definition) is 0. The number of aromatic nitrogens is 1.